The maximum atomic E-state index is 11.6. The molecule has 18 heavy (non-hydrogen) atoms. The number of nitrogens with one attached hydrogen (secondary N) is 1. The first-order chi connectivity index (χ1) is 8.13. The average molecular weight is 336 g/mol. The van der Waals surface area contributed by atoms with Crippen LogP contribution < -0.4 is 11.1 Å². The van der Waals surface area contributed by atoms with E-state index in [0.717, 1.165) is 16.5 Å². The second-order valence-electron chi connectivity index (χ2n) is 4.24. The van der Waals surface area contributed by atoms with E-state index in [2.05, 4.69) is 21.2 Å². The second kappa shape index (κ2) is 9.36. The lowest BCUT2D eigenvalue weighted by Crippen LogP contribution is -2.31. The predicted molar refractivity (Wildman–Crippen MR) is 80.9 cm³/mol. The van der Waals surface area contributed by atoms with Crippen molar-refractivity contribution in [1.82, 2.24) is 5.32 Å². The zero-order chi connectivity index (χ0) is 12.7. The Labute approximate surface area is 123 Å². The molecule has 1 amide bonds. The van der Waals surface area contributed by atoms with Gasteiger partial charge in [0.2, 0.25) is 5.91 Å². The predicted octanol–water partition coefficient (Wildman–Crippen LogP) is 2.51. The minimum absolute atomic E-state index is 0. The van der Waals surface area contributed by atoms with Crippen molar-refractivity contribution in [3.05, 3.63) is 34.3 Å². The van der Waals surface area contributed by atoms with Gasteiger partial charge in [0.15, 0.2) is 0 Å². The Morgan fingerprint density at radius 3 is 2.72 bits per heavy atom. The SMILES string of the molecule is CC(CN)CNC(=O)CCc1ccccc1Br.Cl. The Hall–Kier alpha value is -0.580. The Kier molecular flexibility index (Phi) is 9.06. The molecule has 0 saturated carbocycles. The highest BCUT2D eigenvalue weighted by Gasteiger charge is 2.05. The molecule has 0 spiro atoms. The number of carbonyl (C=O) groups is 1. The lowest BCUT2D eigenvalue weighted by molar-refractivity contribution is -0.121. The van der Waals surface area contributed by atoms with Crippen molar-refractivity contribution in [3.8, 4) is 0 Å². The normalized spacial score (nSPS) is 11.5. The molecular weight excluding hydrogens is 316 g/mol. The van der Waals surface area contributed by atoms with E-state index in [1.165, 1.54) is 0 Å². The van der Waals surface area contributed by atoms with Crippen LogP contribution in [0, 0.1) is 5.92 Å². The standard InChI is InChI=1S/C13H19BrN2O.ClH/c1-10(8-15)9-16-13(17)7-6-11-4-2-3-5-12(11)14;/h2-5,10H,6-9,15H2,1H3,(H,16,17);1H. The van der Waals surface area contributed by atoms with Gasteiger partial charge in [0.1, 0.15) is 0 Å². The third-order valence-corrected chi connectivity index (χ3v) is 3.40. The number of carbonyl (C=O) groups excluding carboxylic acids is 1. The topological polar surface area (TPSA) is 55.1 Å². The zero-order valence-electron chi connectivity index (χ0n) is 10.5. The first kappa shape index (κ1) is 17.4. The summed E-state index contributed by atoms with van der Waals surface area (Å²) in [7, 11) is 0. The van der Waals surface area contributed by atoms with Gasteiger partial charge in [0, 0.05) is 17.4 Å². The van der Waals surface area contributed by atoms with Gasteiger partial charge < -0.3 is 11.1 Å². The molecule has 1 rings (SSSR count). The number of benzene rings is 1. The van der Waals surface area contributed by atoms with Gasteiger partial charge in [-0.1, -0.05) is 41.1 Å². The zero-order valence-corrected chi connectivity index (χ0v) is 12.9. The Morgan fingerprint density at radius 2 is 2.11 bits per heavy atom. The maximum absolute atomic E-state index is 11.6. The van der Waals surface area contributed by atoms with Crippen molar-refractivity contribution in [3.63, 3.8) is 0 Å². The molecule has 0 aliphatic heterocycles. The highest BCUT2D eigenvalue weighted by molar-refractivity contribution is 9.10. The summed E-state index contributed by atoms with van der Waals surface area (Å²) in [6, 6.07) is 7.97. The van der Waals surface area contributed by atoms with Gasteiger partial charge in [-0.25, -0.2) is 0 Å². The molecule has 0 radical (unpaired) electrons. The van der Waals surface area contributed by atoms with E-state index in [4.69, 9.17) is 5.73 Å². The molecule has 0 bridgehead atoms. The lowest BCUT2D eigenvalue weighted by Gasteiger charge is -2.10. The van der Waals surface area contributed by atoms with E-state index in [0.29, 0.717) is 25.4 Å². The van der Waals surface area contributed by atoms with Crippen LogP contribution in [0.15, 0.2) is 28.7 Å². The number of hydrogen-bond acceptors (Lipinski definition) is 2. The smallest absolute Gasteiger partial charge is 0.220 e. The second-order valence-corrected chi connectivity index (χ2v) is 5.09. The highest BCUT2D eigenvalue weighted by atomic mass is 79.9. The summed E-state index contributed by atoms with van der Waals surface area (Å²) in [5.74, 6) is 0.420. The maximum Gasteiger partial charge on any atom is 0.220 e. The first-order valence-corrected chi connectivity index (χ1v) is 6.63. The summed E-state index contributed by atoms with van der Waals surface area (Å²) < 4.78 is 1.06. The van der Waals surface area contributed by atoms with Gasteiger partial charge in [0.25, 0.3) is 0 Å². The molecule has 0 aromatic heterocycles. The minimum atomic E-state index is 0. The summed E-state index contributed by atoms with van der Waals surface area (Å²) >= 11 is 3.47. The number of halogens is 2. The van der Waals surface area contributed by atoms with E-state index in [1.54, 1.807) is 0 Å². The summed E-state index contributed by atoms with van der Waals surface area (Å²) in [5, 5.41) is 2.89. The van der Waals surface area contributed by atoms with Crippen LogP contribution in [0.2, 0.25) is 0 Å². The van der Waals surface area contributed by atoms with Crippen LogP contribution in [0.25, 0.3) is 0 Å². The molecule has 0 fully saturated rings. The van der Waals surface area contributed by atoms with E-state index in [9.17, 15) is 4.79 Å². The molecule has 3 nitrogen and oxygen atoms in total. The molecule has 0 saturated heterocycles. The molecule has 0 aliphatic carbocycles. The fourth-order valence-electron chi connectivity index (χ4n) is 1.41. The lowest BCUT2D eigenvalue weighted by atomic mass is 10.1. The van der Waals surface area contributed by atoms with E-state index in [-0.39, 0.29) is 18.3 Å². The molecule has 3 N–H and O–H groups in total. The summed E-state index contributed by atoms with van der Waals surface area (Å²) in [5.41, 5.74) is 6.65. The van der Waals surface area contributed by atoms with Crippen LogP contribution >= 0.6 is 28.3 Å². The summed E-state index contributed by atoms with van der Waals surface area (Å²) in [6.45, 7) is 3.28. The summed E-state index contributed by atoms with van der Waals surface area (Å²) in [4.78, 5) is 11.6. The van der Waals surface area contributed by atoms with Crippen molar-refractivity contribution in [2.24, 2.45) is 11.7 Å². The molecular formula is C13H20BrClN2O. The van der Waals surface area contributed by atoms with Crippen molar-refractivity contribution in [1.29, 1.82) is 0 Å². The van der Waals surface area contributed by atoms with Gasteiger partial charge in [-0.2, -0.15) is 0 Å². The quantitative estimate of drug-likeness (QED) is 0.839. The van der Waals surface area contributed by atoms with Gasteiger partial charge in [-0.3, -0.25) is 4.79 Å². The van der Waals surface area contributed by atoms with Gasteiger partial charge in [0.05, 0.1) is 0 Å². The Morgan fingerprint density at radius 1 is 1.44 bits per heavy atom. The molecule has 1 unspecified atom stereocenters. The van der Waals surface area contributed by atoms with Crippen molar-refractivity contribution < 1.29 is 4.79 Å². The molecule has 0 heterocycles. The van der Waals surface area contributed by atoms with E-state index in [1.807, 2.05) is 31.2 Å². The van der Waals surface area contributed by atoms with Crippen molar-refractivity contribution >= 4 is 34.2 Å². The molecule has 5 heteroatoms. The number of aryl methyl sites for hydroxylation is 1. The third-order valence-electron chi connectivity index (χ3n) is 2.63. The van der Waals surface area contributed by atoms with Crippen LogP contribution in [-0.2, 0) is 11.2 Å². The number of amides is 1. The van der Waals surface area contributed by atoms with Gasteiger partial charge >= 0.3 is 0 Å². The number of rotatable bonds is 6. The molecule has 1 aromatic rings. The van der Waals surface area contributed by atoms with Crippen LogP contribution in [0.4, 0.5) is 0 Å². The Bertz CT molecular complexity index is 374. The van der Waals surface area contributed by atoms with Gasteiger partial charge in [-0.05, 0) is 30.5 Å². The van der Waals surface area contributed by atoms with Crippen LogP contribution in [0.3, 0.4) is 0 Å². The number of nitrogens with two attached hydrogens (primary N) is 1. The Balaban J connectivity index is 0.00000289. The molecule has 1 atom stereocenters. The minimum Gasteiger partial charge on any atom is -0.356 e. The van der Waals surface area contributed by atoms with E-state index >= 15 is 0 Å². The highest BCUT2D eigenvalue weighted by Crippen LogP contribution is 2.17. The van der Waals surface area contributed by atoms with Crippen LogP contribution in [0.1, 0.15) is 18.9 Å². The fourth-order valence-corrected chi connectivity index (χ4v) is 1.89. The molecule has 1 aromatic carbocycles. The average Bonchev–Trinajstić information content (AvgIpc) is 2.35. The summed E-state index contributed by atoms with van der Waals surface area (Å²) in [6.07, 6.45) is 1.27. The molecule has 102 valence electrons. The van der Waals surface area contributed by atoms with Crippen molar-refractivity contribution in [2.75, 3.05) is 13.1 Å². The first-order valence-electron chi connectivity index (χ1n) is 5.83. The fraction of sp³-hybridized carbons (Fsp3) is 0.462. The molecule has 0 aliphatic rings. The largest absolute Gasteiger partial charge is 0.356 e. The van der Waals surface area contributed by atoms with Crippen molar-refractivity contribution in [2.45, 2.75) is 19.8 Å². The number of hydrogen-bond donors (Lipinski definition) is 2. The third kappa shape index (κ3) is 6.38. The van der Waals surface area contributed by atoms with Crippen LogP contribution in [-0.4, -0.2) is 19.0 Å². The van der Waals surface area contributed by atoms with Crippen LogP contribution in [0.5, 0.6) is 0 Å². The monoisotopic (exact) mass is 334 g/mol. The van der Waals surface area contributed by atoms with E-state index < -0.39 is 0 Å². The van der Waals surface area contributed by atoms with Gasteiger partial charge in [-0.15, -0.1) is 12.4 Å².